The van der Waals surface area contributed by atoms with E-state index in [2.05, 4.69) is 16.0 Å². The summed E-state index contributed by atoms with van der Waals surface area (Å²) in [5.41, 5.74) is 1.59. The fourth-order valence-electron chi connectivity index (χ4n) is 2.46. The van der Waals surface area contributed by atoms with Gasteiger partial charge >= 0.3 is 6.03 Å². The monoisotopic (exact) mass is 342 g/mol. The second-order valence-electron chi connectivity index (χ2n) is 5.63. The van der Waals surface area contributed by atoms with E-state index in [9.17, 15) is 14.4 Å². The molecular weight excluding hydrogens is 324 g/mol. The summed E-state index contributed by atoms with van der Waals surface area (Å²) in [7, 11) is 0. The molecule has 25 heavy (non-hydrogen) atoms. The summed E-state index contributed by atoms with van der Waals surface area (Å²) in [6.07, 6.45) is 2.70. The number of urea groups is 1. The summed E-state index contributed by atoms with van der Waals surface area (Å²) < 4.78 is 4.85. The Labute approximate surface area is 144 Å². The molecule has 0 saturated carbocycles. The van der Waals surface area contributed by atoms with Crippen LogP contribution < -0.4 is 20.9 Å². The Morgan fingerprint density at radius 2 is 2.16 bits per heavy atom. The number of rotatable bonds is 5. The Bertz CT molecular complexity index is 788. The van der Waals surface area contributed by atoms with Gasteiger partial charge in [0, 0.05) is 24.5 Å². The fourth-order valence-corrected chi connectivity index (χ4v) is 2.46. The maximum absolute atomic E-state index is 12.3. The zero-order chi connectivity index (χ0) is 17.8. The van der Waals surface area contributed by atoms with E-state index in [1.807, 2.05) is 0 Å². The summed E-state index contributed by atoms with van der Waals surface area (Å²) in [5.74, 6) is -0.751. The average Bonchev–Trinajstić information content (AvgIpc) is 3.26. The third kappa shape index (κ3) is 3.79. The molecule has 1 saturated heterocycles. The number of carbonyl (C=O) groups excluding carboxylic acids is 3. The summed E-state index contributed by atoms with van der Waals surface area (Å²) in [5, 5.41) is 8.06. The van der Waals surface area contributed by atoms with Crippen LogP contribution in [0, 0.1) is 0 Å². The van der Waals surface area contributed by atoms with Gasteiger partial charge in [-0.2, -0.15) is 0 Å². The second-order valence-corrected chi connectivity index (χ2v) is 5.63. The van der Waals surface area contributed by atoms with Gasteiger partial charge in [0.15, 0.2) is 0 Å². The molecule has 3 N–H and O–H groups in total. The van der Waals surface area contributed by atoms with Gasteiger partial charge in [-0.3, -0.25) is 14.5 Å². The van der Waals surface area contributed by atoms with Gasteiger partial charge in [0.25, 0.3) is 5.91 Å². The Morgan fingerprint density at radius 1 is 1.32 bits per heavy atom. The highest BCUT2D eigenvalue weighted by Gasteiger charge is 2.22. The minimum Gasteiger partial charge on any atom is -0.472 e. The van der Waals surface area contributed by atoms with Gasteiger partial charge in [-0.1, -0.05) is 6.07 Å². The standard InChI is InChI=1S/C17H18N4O4/c1-11(19-16(23)12-5-8-25-10-12)15(22)20-13-3-2-4-14(9-13)21-7-6-18-17(21)24/h2-5,8-11H,6-7H2,1H3,(H,18,24)(H,19,23)(H,20,22)/t11-/m0/s1. The van der Waals surface area contributed by atoms with E-state index in [4.69, 9.17) is 4.42 Å². The van der Waals surface area contributed by atoms with Crippen molar-refractivity contribution in [3.63, 3.8) is 0 Å². The Hall–Kier alpha value is -3.29. The van der Waals surface area contributed by atoms with Crippen LogP contribution in [0.1, 0.15) is 17.3 Å². The van der Waals surface area contributed by atoms with Crippen molar-refractivity contribution < 1.29 is 18.8 Å². The number of nitrogens with one attached hydrogen (secondary N) is 3. The van der Waals surface area contributed by atoms with Gasteiger partial charge < -0.3 is 20.4 Å². The highest BCUT2D eigenvalue weighted by Crippen LogP contribution is 2.21. The molecule has 0 unspecified atom stereocenters. The topological polar surface area (TPSA) is 104 Å². The van der Waals surface area contributed by atoms with Crippen LogP contribution in [0.25, 0.3) is 0 Å². The van der Waals surface area contributed by atoms with E-state index >= 15 is 0 Å². The lowest BCUT2D eigenvalue weighted by atomic mass is 10.2. The molecule has 0 aliphatic carbocycles. The quantitative estimate of drug-likeness (QED) is 0.767. The predicted molar refractivity (Wildman–Crippen MR) is 91.5 cm³/mol. The molecule has 1 aliphatic heterocycles. The molecule has 2 heterocycles. The van der Waals surface area contributed by atoms with Gasteiger partial charge in [0.05, 0.1) is 11.8 Å². The lowest BCUT2D eigenvalue weighted by Crippen LogP contribution is -2.41. The lowest BCUT2D eigenvalue weighted by molar-refractivity contribution is -0.117. The van der Waals surface area contributed by atoms with Crippen molar-refractivity contribution in [1.82, 2.24) is 10.6 Å². The molecule has 8 heteroatoms. The largest absolute Gasteiger partial charge is 0.472 e. The van der Waals surface area contributed by atoms with Gasteiger partial charge in [0.2, 0.25) is 5.91 Å². The van der Waals surface area contributed by atoms with E-state index in [0.29, 0.717) is 30.0 Å². The summed E-state index contributed by atoms with van der Waals surface area (Å²) in [6, 6.07) is 7.61. The fraction of sp³-hybridized carbons (Fsp3) is 0.235. The third-order valence-electron chi connectivity index (χ3n) is 3.81. The summed E-state index contributed by atoms with van der Waals surface area (Å²) in [4.78, 5) is 37.5. The molecule has 1 aromatic carbocycles. The minimum atomic E-state index is -0.735. The molecule has 0 bridgehead atoms. The van der Waals surface area contributed by atoms with Gasteiger partial charge in [-0.05, 0) is 31.2 Å². The van der Waals surface area contributed by atoms with Crippen molar-refractivity contribution in [2.75, 3.05) is 23.3 Å². The number of furan rings is 1. The zero-order valence-electron chi connectivity index (χ0n) is 13.6. The molecule has 2 aromatic rings. The lowest BCUT2D eigenvalue weighted by Gasteiger charge is -2.17. The van der Waals surface area contributed by atoms with Crippen LogP contribution in [0.4, 0.5) is 16.2 Å². The van der Waals surface area contributed by atoms with Crippen molar-refractivity contribution >= 4 is 29.2 Å². The van der Waals surface area contributed by atoms with Crippen LogP contribution in [0.5, 0.6) is 0 Å². The molecule has 1 fully saturated rings. The summed E-state index contributed by atoms with van der Waals surface area (Å²) >= 11 is 0. The van der Waals surface area contributed by atoms with Crippen LogP contribution in [-0.4, -0.2) is 37.0 Å². The Balaban J connectivity index is 1.62. The van der Waals surface area contributed by atoms with Crippen LogP contribution in [-0.2, 0) is 4.79 Å². The SMILES string of the molecule is C[C@H](NC(=O)c1ccoc1)C(=O)Nc1cccc(N2CCNC2=O)c1. The molecule has 4 amide bonds. The van der Waals surface area contributed by atoms with Crippen molar-refractivity contribution in [2.24, 2.45) is 0 Å². The van der Waals surface area contributed by atoms with Crippen molar-refractivity contribution in [2.45, 2.75) is 13.0 Å². The van der Waals surface area contributed by atoms with E-state index in [-0.39, 0.29) is 17.8 Å². The molecular formula is C17H18N4O4. The molecule has 1 aromatic heterocycles. The molecule has 0 radical (unpaired) electrons. The maximum atomic E-state index is 12.3. The third-order valence-corrected chi connectivity index (χ3v) is 3.81. The smallest absolute Gasteiger partial charge is 0.321 e. The maximum Gasteiger partial charge on any atom is 0.321 e. The number of nitrogens with zero attached hydrogens (tertiary/aromatic N) is 1. The van der Waals surface area contributed by atoms with Crippen molar-refractivity contribution in [1.29, 1.82) is 0 Å². The number of anilines is 2. The Kier molecular flexibility index (Phi) is 4.69. The number of amides is 4. The number of benzene rings is 1. The molecule has 3 rings (SSSR count). The first-order valence-electron chi connectivity index (χ1n) is 7.84. The minimum absolute atomic E-state index is 0.163. The first kappa shape index (κ1) is 16.6. The van der Waals surface area contributed by atoms with E-state index in [0.717, 1.165) is 0 Å². The van der Waals surface area contributed by atoms with E-state index < -0.39 is 6.04 Å². The van der Waals surface area contributed by atoms with E-state index in [1.165, 1.54) is 18.6 Å². The highest BCUT2D eigenvalue weighted by atomic mass is 16.3. The molecule has 130 valence electrons. The molecule has 0 spiro atoms. The van der Waals surface area contributed by atoms with Crippen molar-refractivity contribution in [3.8, 4) is 0 Å². The van der Waals surface area contributed by atoms with Crippen LogP contribution in [0.3, 0.4) is 0 Å². The second kappa shape index (κ2) is 7.08. The first-order valence-corrected chi connectivity index (χ1v) is 7.84. The predicted octanol–water partition coefficient (Wildman–Crippen LogP) is 1.57. The van der Waals surface area contributed by atoms with Crippen molar-refractivity contribution in [3.05, 3.63) is 48.4 Å². The zero-order valence-corrected chi connectivity index (χ0v) is 13.6. The van der Waals surface area contributed by atoms with Gasteiger partial charge in [-0.15, -0.1) is 0 Å². The average molecular weight is 342 g/mol. The number of hydrogen-bond acceptors (Lipinski definition) is 4. The molecule has 1 aliphatic rings. The Morgan fingerprint density at radius 3 is 2.84 bits per heavy atom. The normalized spacial score (nSPS) is 14.8. The summed E-state index contributed by atoms with van der Waals surface area (Å²) in [6.45, 7) is 2.75. The molecule has 8 nitrogen and oxygen atoms in total. The number of carbonyl (C=O) groups is 3. The van der Waals surface area contributed by atoms with Gasteiger partial charge in [-0.25, -0.2) is 4.79 Å². The molecule has 1 atom stereocenters. The van der Waals surface area contributed by atoms with Gasteiger partial charge in [0.1, 0.15) is 12.3 Å². The first-order chi connectivity index (χ1) is 12.0. The van der Waals surface area contributed by atoms with Crippen LogP contribution >= 0.6 is 0 Å². The van der Waals surface area contributed by atoms with Crippen LogP contribution in [0.2, 0.25) is 0 Å². The van der Waals surface area contributed by atoms with E-state index in [1.54, 1.807) is 36.1 Å². The number of hydrogen-bond donors (Lipinski definition) is 3. The van der Waals surface area contributed by atoms with Crippen LogP contribution in [0.15, 0.2) is 47.3 Å². The highest BCUT2D eigenvalue weighted by molar-refractivity contribution is 6.01.